The maximum absolute atomic E-state index is 12.8. The second-order valence-electron chi connectivity index (χ2n) is 4.65. The van der Waals surface area contributed by atoms with Crippen molar-refractivity contribution in [1.82, 2.24) is 10.4 Å². The fourth-order valence-electron chi connectivity index (χ4n) is 2.28. The molecule has 0 aliphatic rings. The van der Waals surface area contributed by atoms with Gasteiger partial charge < -0.3 is 0 Å². The number of nitrogens with two attached hydrogens (primary N) is 1. The molecular formula is C15H16F3N3. The van der Waals surface area contributed by atoms with Gasteiger partial charge in [0.15, 0.2) is 0 Å². The molecule has 112 valence electrons. The first-order chi connectivity index (χ1) is 9.97. The highest BCUT2D eigenvalue weighted by molar-refractivity contribution is 5.38. The lowest BCUT2D eigenvalue weighted by molar-refractivity contribution is -0.137. The third-order valence-corrected chi connectivity index (χ3v) is 3.35. The number of hydrogen-bond donors (Lipinski definition) is 2. The van der Waals surface area contributed by atoms with Crippen molar-refractivity contribution in [3.8, 4) is 0 Å². The molecule has 0 spiro atoms. The minimum absolute atomic E-state index is 0.466. The first-order valence-corrected chi connectivity index (χ1v) is 6.53. The molecule has 1 atom stereocenters. The van der Waals surface area contributed by atoms with E-state index in [9.17, 15) is 13.2 Å². The molecule has 1 aromatic carbocycles. The van der Waals surface area contributed by atoms with Crippen LogP contribution in [0.3, 0.4) is 0 Å². The van der Waals surface area contributed by atoms with E-state index in [1.54, 1.807) is 24.5 Å². The number of alkyl halides is 3. The zero-order valence-corrected chi connectivity index (χ0v) is 11.5. The van der Waals surface area contributed by atoms with Crippen molar-refractivity contribution in [3.63, 3.8) is 0 Å². The van der Waals surface area contributed by atoms with Crippen LogP contribution in [0.15, 0.2) is 42.7 Å². The smallest absolute Gasteiger partial charge is 0.271 e. The summed E-state index contributed by atoms with van der Waals surface area (Å²) in [5, 5.41) is 0. The average Bonchev–Trinajstić information content (AvgIpc) is 2.48. The summed E-state index contributed by atoms with van der Waals surface area (Å²) >= 11 is 0. The first-order valence-electron chi connectivity index (χ1n) is 6.53. The van der Waals surface area contributed by atoms with E-state index in [2.05, 4.69) is 10.4 Å². The maximum atomic E-state index is 12.8. The van der Waals surface area contributed by atoms with Crippen LogP contribution in [0.2, 0.25) is 0 Å². The molecule has 0 saturated heterocycles. The molecule has 0 amide bonds. The van der Waals surface area contributed by atoms with Gasteiger partial charge in [0.2, 0.25) is 0 Å². The van der Waals surface area contributed by atoms with Crippen LogP contribution in [-0.4, -0.2) is 4.98 Å². The van der Waals surface area contributed by atoms with E-state index in [1.807, 2.05) is 6.92 Å². The highest BCUT2D eigenvalue weighted by atomic mass is 19.4. The van der Waals surface area contributed by atoms with E-state index in [-0.39, 0.29) is 0 Å². The number of nitrogens with one attached hydrogen (secondary N) is 1. The first kappa shape index (κ1) is 15.5. The SMILES string of the molecule is CCc1cnccc1C(NN)c1cccc(C(F)(F)F)c1. The zero-order chi connectivity index (χ0) is 15.5. The predicted octanol–water partition coefficient (Wildman–Crippen LogP) is 3.22. The van der Waals surface area contributed by atoms with Gasteiger partial charge in [-0.3, -0.25) is 10.8 Å². The van der Waals surface area contributed by atoms with Gasteiger partial charge >= 0.3 is 6.18 Å². The number of aromatic nitrogens is 1. The Hall–Kier alpha value is -1.92. The summed E-state index contributed by atoms with van der Waals surface area (Å²) in [6.07, 6.45) is -0.346. The van der Waals surface area contributed by atoms with Crippen LogP contribution in [0.4, 0.5) is 13.2 Å². The van der Waals surface area contributed by atoms with Crippen molar-refractivity contribution in [2.45, 2.75) is 25.6 Å². The molecule has 1 unspecified atom stereocenters. The Kier molecular flexibility index (Phi) is 4.59. The largest absolute Gasteiger partial charge is 0.416 e. The molecule has 21 heavy (non-hydrogen) atoms. The quantitative estimate of drug-likeness (QED) is 0.672. The molecule has 0 bridgehead atoms. The summed E-state index contributed by atoms with van der Waals surface area (Å²) in [7, 11) is 0. The normalized spacial score (nSPS) is 13.2. The Labute approximate surface area is 121 Å². The number of pyridine rings is 1. The Morgan fingerprint density at radius 3 is 2.67 bits per heavy atom. The van der Waals surface area contributed by atoms with E-state index in [1.165, 1.54) is 6.07 Å². The molecule has 0 saturated carbocycles. The lowest BCUT2D eigenvalue weighted by Crippen LogP contribution is -2.30. The van der Waals surface area contributed by atoms with Crippen molar-refractivity contribution in [1.29, 1.82) is 0 Å². The third kappa shape index (κ3) is 3.40. The maximum Gasteiger partial charge on any atom is 0.416 e. The van der Waals surface area contributed by atoms with Gasteiger partial charge in [-0.2, -0.15) is 13.2 Å². The lowest BCUT2D eigenvalue weighted by Gasteiger charge is -2.20. The summed E-state index contributed by atoms with van der Waals surface area (Å²) in [5.74, 6) is 5.57. The van der Waals surface area contributed by atoms with E-state index in [0.29, 0.717) is 5.56 Å². The number of benzene rings is 1. The fraction of sp³-hybridized carbons (Fsp3) is 0.267. The second-order valence-corrected chi connectivity index (χ2v) is 4.65. The number of halogens is 3. The molecule has 2 aromatic rings. The van der Waals surface area contributed by atoms with Gasteiger partial charge in [0.05, 0.1) is 11.6 Å². The van der Waals surface area contributed by atoms with E-state index >= 15 is 0 Å². The number of aryl methyl sites for hydroxylation is 1. The van der Waals surface area contributed by atoms with Crippen molar-refractivity contribution >= 4 is 0 Å². The van der Waals surface area contributed by atoms with Gasteiger partial charge in [0.1, 0.15) is 0 Å². The van der Waals surface area contributed by atoms with Gasteiger partial charge in [-0.15, -0.1) is 0 Å². The van der Waals surface area contributed by atoms with Gasteiger partial charge in [-0.1, -0.05) is 19.1 Å². The number of rotatable bonds is 4. The molecule has 0 radical (unpaired) electrons. The van der Waals surface area contributed by atoms with E-state index < -0.39 is 17.8 Å². The van der Waals surface area contributed by atoms with E-state index in [4.69, 9.17) is 5.84 Å². The molecule has 6 heteroatoms. The Morgan fingerprint density at radius 2 is 2.05 bits per heavy atom. The summed E-state index contributed by atoms with van der Waals surface area (Å²) in [5.41, 5.74) is 4.14. The summed E-state index contributed by atoms with van der Waals surface area (Å²) in [4.78, 5) is 4.03. The van der Waals surface area contributed by atoms with Crippen molar-refractivity contribution < 1.29 is 13.2 Å². The van der Waals surface area contributed by atoms with Crippen LogP contribution in [-0.2, 0) is 12.6 Å². The molecular weight excluding hydrogens is 279 g/mol. The zero-order valence-electron chi connectivity index (χ0n) is 11.5. The Balaban J connectivity index is 2.47. The average molecular weight is 295 g/mol. The topological polar surface area (TPSA) is 50.9 Å². The Bertz CT molecular complexity index is 611. The van der Waals surface area contributed by atoms with Crippen LogP contribution in [0.5, 0.6) is 0 Å². The van der Waals surface area contributed by atoms with Crippen molar-refractivity contribution in [2.75, 3.05) is 0 Å². The second kappa shape index (κ2) is 6.24. The molecule has 3 nitrogen and oxygen atoms in total. The Morgan fingerprint density at radius 1 is 1.29 bits per heavy atom. The molecule has 0 aliphatic carbocycles. The molecule has 3 N–H and O–H groups in total. The summed E-state index contributed by atoms with van der Waals surface area (Å²) in [6.45, 7) is 1.96. The molecule has 0 fully saturated rings. The van der Waals surface area contributed by atoms with Crippen LogP contribution < -0.4 is 11.3 Å². The van der Waals surface area contributed by atoms with Gasteiger partial charge in [-0.05, 0) is 41.3 Å². The lowest BCUT2D eigenvalue weighted by atomic mass is 9.94. The summed E-state index contributed by atoms with van der Waals surface area (Å²) in [6, 6.07) is 6.43. The van der Waals surface area contributed by atoms with Crippen molar-refractivity contribution in [2.24, 2.45) is 5.84 Å². The minimum atomic E-state index is -4.37. The van der Waals surface area contributed by atoms with Gasteiger partial charge in [0.25, 0.3) is 0 Å². The molecule has 1 heterocycles. The monoisotopic (exact) mass is 295 g/mol. The highest BCUT2D eigenvalue weighted by Gasteiger charge is 2.31. The molecule has 0 aliphatic heterocycles. The van der Waals surface area contributed by atoms with Gasteiger partial charge in [-0.25, -0.2) is 5.43 Å². The summed E-state index contributed by atoms with van der Waals surface area (Å²) < 4.78 is 38.5. The van der Waals surface area contributed by atoms with Crippen LogP contribution in [0.25, 0.3) is 0 Å². The molecule has 1 aromatic heterocycles. The van der Waals surface area contributed by atoms with Crippen LogP contribution in [0, 0.1) is 0 Å². The number of hydrogen-bond acceptors (Lipinski definition) is 3. The highest BCUT2D eigenvalue weighted by Crippen LogP contribution is 2.32. The predicted molar refractivity (Wildman–Crippen MR) is 74.2 cm³/mol. The fourth-order valence-corrected chi connectivity index (χ4v) is 2.28. The number of nitrogens with zero attached hydrogens (tertiary/aromatic N) is 1. The van der Waals surface area contributed by atoms with Gasteiger partial charge in [0, 0.05) is 12.4 Å². The molecule has 2 rings (SSSR count). The standard InChI is InChI=1S/C15H16F3N3/c1-2-10-9-20-7-6-13(10)14(21-19)11-4-3-5-12(8-11)15(16,17)18/h3-9,14,21H,2,19H2,1H3. The van der Waals surface area contributed by atoms with E-state index in [0.717, 1.165) is 29.7 Å². The minimum Gasteiger partial charge on any atom is -0.271 e. The third-order valence-electron chi connectivity index (χ3n) is 3.35. The number of hydrazine groups is 1. The van der Waals surface area contributed by atoms with Crippen LogP contribution >= 0.6 is 0 Å². The van der Waals surface area contributed by atoms with Crippen LogP contribution in [0.1, 0.15) is 35.2 Å². The van der Waals surface area contributed by atoms with Crippen molar-refractivity contribution in [3.05, 3.63) is 65.0 Å².